The second-order valence-corrected chi connectivity index (χ2v) is 18.1. The Morgan fingerprint density at radius 1 is 0.306 bits per heavy atom. The number of ether oxygens (including phenoxy) is 3. The zero-order valence-corrected chi connectivity index (χ0v) is 45.9. The molecule has 0 radical (unpaired) electrons. The number of carbonyl (C=O) groups excluding carboxylic acids is 3. The Hall–Kier alpha value is -4.97. The molecule has 0 aliphatic carbocycles. The maximum Gasteiger partial charge on any atom is 0.309 e. The van der Waals surface area contributed by atoms with Crippen LogP contribution in [-0.2, 0) is 28.6 Å². The standard InChI is InChI=1S/C66H102O6/c1-4-7-10-13-16-19-22-25-28-30-31-32-33-34-35-36-39-41-44-47-50-53-56-59-65(68)71-62-63(61-70-64(67)58-55-52-49-46-43-40-37-27-24-21-18-15-12-9-6-3)72-66(69)60-57-54-51-48-45-42-38-29-26-23-20-17-14-11-8-5-2/h7,9-10,12,16,18-21,23,25,27-29,31-32,34-35,37-39,41,43,46,52,55,63H,4-6,8,11,13-15,17,22,24,26,30,33,36,40,42,44-45,47-51,53-54,56-62H2,1-3H3/b10-7-,12-9-,19-16-,21-18-,23-20-,28-25-,32-31-,35-34-,37-27-,38-29-,41-39-,46-43-,55-52-. The van der Waals surface area contributed by atoms with Crippen molar-refractivity contribution in [3.05, 3.63) is 158 Å². The predicted octanol–water partition coefficient (Wildman–Crippen LogP) is 19.4. The minimum atomic E-state index is -0.845. The summed E-state index contributed by atoms with van der Waals surface area (Å²) >= 11 is 0. The molecule has 0 aliphatic rings. The van der Waals surface area contributed by atoms with E-state index in [4.69, 9.17) is 14.2 Å². The number of hydrogen-bond acceptors (Lipinski definition) is 6. The van der Waals surface area contributed by atoms with Crippen LogP contribution in [0.15, 0.2) is 158 Å². The lowest BCUT2D eigenvalue weighted by molar-refractivity contribution is -0.166. The maximum absolute atomic E-state index is 12.8. The van der Waals surface area contributed by atoms with Crippen molar-refractivity contribution >= 4 is 17.9 Å². The smallest absolute Gasteiger partial charge is 0.309 e. The SMILES string of the molecule is CC/C=C\C/C=C\C/C=C\C/C=C\C/C=C\C/C=C\CCCCCCC(=O)OCC(COC(=O)C/C=C\C/C=C\C/C=C\C/C=C\C/C=C\CC)OC(=O)CCCCCCC/C=C\C/C=C\CCCCCC. The van der Waals surface area contributed by atoms with Crippen LogP contribution in [-0.4, -0.2) is 37.2 Å². The molecule has 6 heteroatoms. The van der Waals surface area contributed by atoms with Crippen LogP contribution in [0.4, 0.5) is 0 Å². The first-order valence-electron chi connectivity index (χ1n) is 28.5. The van der Waals surface area contributed by atoms with E-state index in [1.54, 1.807) is 6.08 Å². The summed E-state index contributed by atoms with van der Waals surface area (Å²) in [6.07, 6.45) is 85.4. The molecule has 0 saturated carbocycles. The predicted molar refractivity (Wildman–Crippen MR) is 311 cm³/mol. The lowest BCUT2D eigenvalue weighted by Gasteiger charge is -2.18. The highest BCUT2D eigenvalue weighted by Crippen LogP contribution is 2.12. The summed E-state index contributed by atoms with van der Waals surface area (Å²) in [5, 5.41) is 0. The highest BCUT2D eigenvalue weighted by Gasteiger charge is 2.19. The molecule has 0 bridgehead atoms. The van der Waals surface area contributed by atoms with Gasteiger partial charge in [-0.25, -0.2) is 0 Å². The van der Waals surface area contributed by atoms with Crippen LogP contribution >= 0.6 is 0 Å². The van der Waals surface area contributed by atoms with Crippen molar-refractivity contribution in [1.29, 1.82) is 0 Å². The summed E-state index contributed by atoms with van der Waals surface area (Å²) in [7, 11) is 0. The minimum Gasteiger partial charge on any atom is -0.462 e. The topological polar surface area (TPSA) is 78.9 Å². The molecule has 72 heavy (non-hydrogen) atoms. The number of hydrogen-bond donors (Lipinski definition) is 0. The molecule has 0 spiro atoms. The van der Waals surface area contributed by atoms with E-state index in [0.717, 1.165) is 148 Å². The molecule has 1 atom stereocenters. The van der Waals surface area contributed by atoms with Crippen molar-refractivity contribution < 1.29 is 28.6 Å². The van der Waals surface area contributed by atoms with Crippen molar-refractivity contribution in [2.75, 3.05) is 13.2 Å². The van der Waals surface area contributed by atoms with Gasteiger partial charge in [0, 0.05) is 12.8 Å². The quantitative estimate of drug-likeness (QED) is 0.0262. The Morgan fingerprint density at radius 3 is 0.972 bits per heavy atom. The van der Waals surface area contributed by atoms with Crippen molar-refractivity contribution in [2.24, 2.45) is 0 Å². The van der Waals surface area contributed by atoms with E-state index in [-0.39, 0.29) is 38.0 Å². The molecule has 0 amide bonds. The fourth-order valence-electron chi connectivity index (χ4n) is 7.08. The largest absolute Gasteiger partial charge is 0.462 e. The first kappa shape index (κ1) is 67.0. The molecule has 0 rings (SSSR count). The minimum absolute atomic E-state index is 0.111. The summed E-state index contributed by atoms with van der Waals surface area (Å²) in [5.74, 6) is -1.11. The fourth-order valence-corrected chi connectivity index (χ4v) is 7.08. The van der Waals surface area contributed by atoms with Gasteiger partial charge in [-0.15, -0.1) is 0 Å². The zero-order chi connectivity index (χ0) is 52.2. The van der Waals surface area contributed by atoms with Gasteiger partial charge in [0.1, 0.15) is 13.2 Å². The Kier molecular flexibility index (Phi) is 54.6. The molecule has 6 nitrogen and oxygen atoms in total. The van der Waals surface area contributed by atoms with Crippen molar-refractivity contribution in [3.8, 4) is 0 Å². The van der Waals surface area contributed by atoms with Gasteiger partial charge in [-0.05, 0) is 128 Å². The number of esters is 3. The van der Waals surface area contributed by atoms with Crippen LogP contribution in [0, 0.1) is 0 Å². The first-order chi connectivity index (χ1) is 35.5. The van der Waals surface area contributed by atoms with Crippen LogP contribution in [0.2, 0.25) is 0 Å². The van der Waals surface area contributed by atoms with E-state index in [1.165, 1.54) is 32.1 Å². The summed E-state index contributed by atoms with van der Waals surface area (Å²) in [5.41, 5.74) is 0. The van der Waals surface area contributed by atoms with E-state index >= 15 is 0 Å². The van der Waals surface area contributed by atoms with E-state index in [0.29, 0.717) is 6.42 Å². The Bertz CT molecular complexity index is 1660. The summed E-state index contributed by atoms with van der Waals surface area (Å²) in [6, 6.07) is 0. The molecule has 0 aliphatic heterocycles. The fraction of sp³-hybridized carbons (Fsp3) is 0.561. The highest BCUT2D eigenvalue weighted by molar-refractivity contribution is 5.72. The lowest BCUT2D eigenvalue weighted by Crippen LogP contribution is -2.30. The molecular weight excluding hydrogens is 889 g/mol. The van der Waals surface area contributed by atoms with E-state index in [2.05, 4.69) is 167 Å². The van der Waals surface area contributed by atoms with Gasteiger partial charge in [0.15, 0.2) is 6.10 Å². The third-order valence-electron chi connectivity index (χ3n) is 11.3. The van der Waals surface area contributed by atoms with Gasteiger partial charge in [0.2, 0.25) is 0 Å². The first-order valence-corrected chi connectivity index (χ1v) is 28.5. The molecule has 0 aromatic rings. The van der Waals surface area contributed by atoms with E-state index in [9.17, 15) is 14.4 Å². The van der Waals surface area contributed by atoms with Crippen molar-refractivity contribution in [3.63, 3.8) is 0 Å². The second-order valence-electron chi connectivity index (χ2n) is 18.1. The van der Waals surface area contributed by atoms with Gasteiger partial charge in [-0.1, -0.05) is 230 Å². The normalized spacial score (nSPS) is 13.3. The second kappa shape index (κ2) is 58.6. The average molecular weight is 992 g/mol. The molecular formula is C66H102O6. The lowest BCUT2D eigenvalue weighted by atomic mass is 10.1. The molecule has 0 heterocycles. The van der Waals surface area contributed by atoms with Gasteiger partial charge in [-0.3, -0.25) is 14.4 Å². The van der Waals surface area contributed by atoms with E-state index in [1.807, 2.05) is 6.08 Å². The zero-order valence-electron chi connectivity index (χ0n) is 45.9. The Labute approximate surface area is 441 Å². The third-order valence-corrected chi connectivity index (χ3v) is 11.3. The molecule has 0 saturated heterocycles. The molecule has 402 valence electrons. The third kappa shape index (κ3) is 56.0. The molecule has 1 unspecified atom stereocenters. The van der Waals surface area contributed by atoms with Gasteiger partial charge >= 0.3 is 17.9 Å². The summed E-state index contributed by atoms with van der Waals surface area (Å²) < 4.78 is 16.7. The van der Waals surface area contributed by atoms with Crippen LogP contribution in [0.5, 0.6) is 0 Å². The van der Waals surface area contributed by atoms with Crippen LogP contribution < -0.4 is 0 Å². The van der Waals surface area contributed by atoms with Crippen molar-refractivity contribution in [1.82, 2.24) is 0 Å². The van der Waals surface area contributed by atoms with Crippen LogP contribution in [0.25, 0.3) is 0 Å². The van der Waals surface area contributed by atoms with Crippen LogP contribution in [0.3, 0.4) is 0 Å². The van der Waals surface area contributed by atoms with Gasteiger partial charge in [0.05, 0.1) is 6.42 Å². The Balaban J connectivity index is 4.57. The van der Waals surface area contributed by atoms with Gasteiger partial charge < -0.3 is 14.2 Å². The highest BCUT2D eigenvalue weighted by atomic mass is 16.6. The number of unbranched alkanes of at least 4 members (excludes halogenated alkanes) is 13. The summed E-state index contributed by atoms with van der Waals surface area (Å²) in [4.78, 5) is 38.1. The number of allylic oxidation sites excluding steroid dienone is 25. The van der Waals surface area contributed by atoms with E-state index < -0.39 is 12.1 Å². The van der Waals surface area contributed by atoms with Gasteiger partial charge in [-0.2, -0.15) is 0 Å². The monoisotopic (exact) mass is 991 g/mol. The number of carbonyl (C=O) groups is 3. The summed E-state index contributed by atoms with van der Waals surface area (Å²) in [6.45, 7) is 6.25. The Morgan fingerprint density at radius 2 is 0.597 bits per heavy atom. The van der Waals surface area contributed by atoms with Crippen LogP contribution in [0.1, 0.15) is 220 Å². The average Bonchev–Trinajstić information content (AvgIpc) is 3.38. The molecule has 0 aromatic carbocycles. The van der Waals surface area contributed by atoms with Gasteiger partial charge in [0.25, 0.3) is 0 Å². The molecule has 0 aromatic heterocycles. The molecule has 0 fully saturated rings. The number of rotatable bonds is 49. The van der Waals surface area contributed by atoms with Crippen molar-refractivity contribution in [2.45, 2.75) is 226 Å². The maximum atomic E-state index is 12.8. The molecule has 0 N–H and O–H groups in total.